The number of carbonyl (C=O) groups excluding carboxylic acids is 1. The summed E-state index contributed by atoms with van der Waals surface area (Å²) in [6.45, 7) is 2.37. The molecular weight excluding hydrogens is 278 g/mol. The van der Waals surface area contributed by atoms with Gasteiger partial charge in [0, 0.05) is 6.54 Å². The molecule has 0 aromatic heterocycles. The fourth-order valence-electron chi connectivity index (χ4n) is 2.30. The van der Waals surface area contributed by atoms with E-state index in [0.29, 0.717) is 18.9 Å². The van der Waals surface area contributed by atoms with Crippen LogP contribution in [-0.2, 0) is 16.0 Å². The molecule has 1 aliphatic rings. The van der Waals surface area contributed by atoms with E-state index in [1.165, 1.54) is 12.7 Å². The van der Waals surface area contributed by atoms with Crippen LogP contribution in [0.1, 0.15) is 18.4 Å². The predicted octanol–water partition coefficient (Wildman–Crippen LogP) is 2.20. The summed E-state index contributed by atoms with van der Waals surface area (Å²) >= 11 is 0. The molecule has 0 fully saturated rings. The summed E-state index contributed by atoms with van der Waals surface area (Å²) in [5.41, 5.74) is 1.30. The fraction of sp³-hybridized carbons (Fsp3) is 0.533. The topological polar surface area (TPSA) is 47.6 Å². The molecule has 2 rings (SSSR count). The normalized spacial score (nSPS) is 16.6. The number of para-hydroxylation sites is 1. The molecule has 0 spiro atoms. The van der Waals surface area contributed by atoms with E-state index in [1.807, 2.05) is 12.1 Å². The number of hydrogen-bond acceptors (Lipinski definition) is 4. The molecule has 1 aliphatic heterocycles. The first-order valence-electron chi connectivity index (χ1n) is 6.78. The van der Waals surface area contributed by atoms with Gasteiger partial charge in [-0.05, 0) is 36.9 Å². The number of halogens is 1. The van der Waals surface area contributed by atoms with Gasteiger partial charge >= 0.3 is 5.97 Å². The van der Waals surface area contributed by atoms with E-state index in [0.717, 1.165) is 31.7 Å². The number of benzene rings is 1. The molecule has 0 saturated heterocycles. The molecule has 4 nitrogen and oxygen atoms in total. The number of nitrogens with one attached hydrogen (secondary N) is 1. The van der Waals surface area contributed by atoms with Crippen molar-refractivity contribution in [2.75, 3.05) is 26.8 Å². The summed E-state index contributed by atoms with van der Waals surface area (Å²) in [4.78, 5) is 10.9. The van der Waals surface area contributed by atoms with Gasteiger partial charge in [-0.25, -0.2) is 0 Å². The van der Waals surface area contributed by atoms with Crippen LogP contribution in [0.2, 0.25) is 0 Å². The van der Waals surface area contributed by atoms with Crippen molar-refractivity contribution in [1.29, 1.82) is 0 Å². The van der Waals surface area contributed by atoms with Crippen LogP contribution in [0.5, 0.6) is 5.75 Å². The van der Waals surface area contributed by atoms with Crippen molar-refractivity contribution in [1.82, 2.24) is 5.32 Å². The smallest absolute Gasteiger partial charge is 0.306 e. The standard InChI is InChI=1S/C15H21NO3.ClH/c1-18-15(17)7-9-16-8-6-12-10-13-4-2-3-5-14(13)19-11-12;/h2-5,12,16H,6-11H2,1H3;1H. The molecule has 1 unspecified atom stereocenters. The Labute approximate surface area is 126 Å². The Balaban J connectivity index is 0.00000200. The second-order valence-electron chi connectivity index (χ2n) is 4.85. The highest BCUT2D eigenvalue weighted by molar-refractivity contribution is 5.85. The second kappa shape index (κ2) is 8.82. The number of esters is 1. The molecule has 0 aliphatic carbocycles. The van der Waals surface area contributed by atoms with Gasteiger partial charge in [-0.15, -0.1) is 12.4 Å². The lowest BCUT2D eigenvalue weighted by Gasteiger charge is -2.25. The highest BCUT2D eigenvalue weighted by atomic mass is 35.5. The molecule has 0 amide bonds. The van der Waals surface area contributed by atoms with Crippen molar-refractivity contribution in [3.05, 3.63) is 29.8 Å². The van der Waals surface area contributed by atoms with Gasteiger partial charge in [0.25, 0.3) is 0 Å². The maximum Gasteiger partial charge on any atom is 0.306 e. The zero-order valence-electron chi connectivity index (χ0n) is 11.8. The number of methoxy groups -OCH3 is 1. The minimum atomic E-state index is -0.164. The van der Waals surface area contributed by atoms with Gasteiger partial charge in [-0.1, -0.05) is 18.2 Å². The molecule has 1 atom stereocenters. The fourth-order valence-corrected chi connectivity index (χ4v) is 2.30. The van der Waals surface area contributed by atoms with Crippen molar-refractivity contribution in [3.8, 4) is 5.75 Å². The van der Waals surface area contributed by atoms with E-state index in [-0.39, 0.29) is 18.4 Å². The lowest BCUT2D eigenvalue weighted by atomic mass is 9.94. The summed E-state index contributed by atoms with van der Waals surface area (Å²) in [6.07, 6.45) is 2.57. The molecule has 0 radical (unpaired) electrons. The molecule has 112 valence electrons. The molecule has 1 heterocycles. The largest absolute Gasteiger partial charge is 0.493 e. The van der Waals surface area contributed by atoms with Gasteiger partial charge in [0.1, 0.15) is 5.75 Å². The molecule has 1 N–H and O–H groups in total. The SMILES string of the molecule is COC(=O)CCNCCC1COc2ccccc2C1.Cl. The van der Waals surface area contributed by atoms with E-state index in [4.69, 9.17) is 4.74 Å². The average Bonchev–Trinajstić information content (AvgIpc) is 2.46. The van der Waals surface area contributed by atoms with Crippen LogP contribution in [0.15, 0.2) is 24.3 Å². The summed E-state index contributed by atoms with van der Waals surface area (Å²) in [5, 5.41) is 3.27. The number of rotatable bonds is 6. The van der Waals surface area contributed by atoms with Crippen LogP contribution in [0.4, 0.5) is 0 Å². The third-order valence-corrected chi connectivity index (χ3v) is 3.42. The van der Waals surface area contributed by atoms with Crippen LogP contribution >= 0.6 is 12.4 Å². The predicted molar refractivity (Wildman–Crippen MR) is 80.5 cm³/mol. The zero-order valence-corrected chi connectivity index (χ0v) is 12.6. The Hall–Kier alpha value is -1.26. The van der Waals surface area contributed by atoms with Crippen LogP contribution in [0.3, 0.4) is 0 Å². The summed E-state index contributed by atoms with van der Waals surface area (Å²) < 4.78 is 10.3. The molecular formula is C15H22ClNO3. The number of carbonyl (C=O) groups is 1. The van der Waals surface area contributed by atoms with Gasteiger partial charge in [0.2, 0.25) is 0 Å². The highest BCUT2D eigenvalue weighted by Crippen LogP contribution is 2.27. The van der Waals surface area contributed by atoms with Gasteiger partial charge in [-0.3, -0.25) is 4.79 Å². The first kappa shape index (κ1) is 16.8. The van der Waals surface area contributed by atoms with Crippen molar-refractivity contribution < 1.29 is 14.3 Å². The average molecular weight is 300 g/mol. The van der Waals surface area contributed by atoms with Crippen molar-refractivity contribution in [2.24, 2.45) is 5.92 Å². The maximum absolute atomic E-state index is 10.9. The summed E-state index contributed by atoms with van der Waals surface area (Å²) in [5.74, 6) is 1.42. The van der Waals surface area contributed by atoms with E-state index < -0.39 is 0 Å². The maximum atomic E-state index is 10.9. The number of hydrogen-bond donors (Lipinski definition) is 1. The van der Waals surface area contributed by atoms with Gasteiger partial charge < -0.3 is 14.8 Å². The molecule has 1 aromatic rings. The van der Waals surface area contributed by atoms with Crippen LogP contribution in [-0.4, -0.2) is 32.8 Å². The lowest BCUT2D eigenvalue weighted by Crippen LogP contribution is -2.27. The van der Waals surface area contributed by atoms with Crippen LogP contribution < -0.4 is 10.1 Å². The first-order chi connectivity index (χ1) is 9.29. The highest BCUT2D eigenvalue weighted by Gasteiger charge is 2.18. The third kappa shape index (κ3) is 5.02. The Kier molecular flexibility index (Phi) is 7.41. The Morgan fingerprint density at radius 1 is 1.40 bits per heavy atom. The monoisotopic (exact) mass is 299 g/mol. The molecule has 5 heteroatoms. The minimum absolute atomic E-state index is 0. The van der Waals surface area contributed by atoms with Gasteiger partial charge in [-0.2, -0.15) is 0 Å². The molecule has 0 bridgehead atoms. The van der Waals surface area contributed by atoms with E-state index in [2.05, 4.69) is 22.2 Å². The Morgan fingerprint density at radius 2 is 2.20 bits per heavy atom. The number of fused-ring (bicyclic) bond motifs is 1. The van der Waals surface area contributed by atoms with Crippen molar-refractivity contribution in [2.45, 2.75) is 19.3 Å². The van der Waals surface area contributed by atoms with E-state index >= 15 is 0 Å². The van der Waals surface area contributed by atoms with Crippen molar-refractivity contribution in [3.63, 3.8) is 0 Å². The van der Waals surface area contributed by atoms with Gasteiger partial charge in [0.05, 0.1) is 20.1 Å². The molecule has 0 saturated carbocycles. The van der Waals surface area contributed by atoms with Crippen LogP contribution in [0.25, 0.3) is 0 Å². The molecule has 20 heavy (non-hydrogen) atoms. The lowest BCUT2D eigenvalue weighted by molar-refractivity contribution is -0.140. The van der Waals surface area contributed by atoms with Crippen LogP contribution in [0, 0.1) is 5.92 Å². The van der Waals surface area contributed by atoms with E-state index in [1.54, 1.807) is 0 Å². The third-order valence-electron chi connectivity index (χ3n) is 3.42. The molecule has 1 aromatic carbocycles. The summed E-state index contributed by atoms with van der Waals surface area (Å²) in [7, 11) is 1.42. The quantitative estimate of drug-likeness (QED) is 0.646. The summed E-state index contributed by atoms with van der Waals surface area (Å²) in [6, 6.07) is 8.22. The number of ether oxygens (including phenoxy) is 2. The van der Waals surface area contributed by atoms with Crippen molar-refractivity contribution >= 4 is 18.4 Å². The Morgan fingerprint density at radius 3 is 3.00 bits per heavy atom. The van der Waals surface area contributed by atoms with Gasteiger partial charge in [0.15, 0.2) is 0 Å². The Bertz CT molecular complexity index is 425. The second-order valence-corrected chi connectivity index (χ2v) is 4.85. The van der Waals surface area contributed by atoms with E-state index in [9.17, 15) is 4.79 Å². The first-order valence-corrected chi connectivity index (χ1v) is 6.78. The minimum Gasteiger partial charge on any atom is -0.493 e. The zero-order chi connectivity index (χ0) is 13.5.